The lowest BCUT2D eigenvalue weighted by Crippen LogP contribution is -2.38. The summed E-state index contributed by atoms with van der Waals surface area (Å²) < 4.78 is 31.2. The molecule has 12 nitrogen and oxygen atoms in total. The van der Waals surface area contributed by atoms with Gasteiger partial charge >= 0.3 is 0 Å². The average molecular weight is 671 g/mol. The minimum absolute atomic E-state index is 0.0564. The van der Waals surface area contributed by atoms with Gasteiger partial charge in [0.05, 0.1) is 38.3 Å². The first kappa shape index (κ1) is 35.0. The molecule has 0 spiro atoms. The van der Waals surface area contributed by atoms with Gasteiger partial charge in [-0.3, -0.25) is 0 Å². The van der Waals surface area contributed by atoms with Crippen LogP contribution in [0.4, 0.5) is 10.2 Å². The first-order valence-electron chi connectivity index (χ1n) is 16.0. The quantitative estimate of drug-likeness (QED) is 0.113. The Morgan fingerprint density at radius 1 is 1.00 bits per heavy atom. The lowest BCUT2D eigenvalue weighted by Gasteiger charge is -2.29. The van der Waals surface area contributed by atoms with E-state index in [0.29, 0.717) is 59.3 Å². The van der Waals surface area contributed by atoms with E-state index in [2.05, 4.69) is 25.3 Å². The summed E-state index contributed by atoms with van der Waals surface area (Å²) in [4.78, 5) is 19.2. The predicted molar refractivity (Wildman–Crippen MR) is 186 cm³/mol. The molecule has 0 radical (unpaired) electrons. The number of methoxy groups -OCH3 is 2. The number of allylic oxidation sites excluding steroid dienone is 1. The van der Waals surface area contributed by atoms with E-state index in [0.717, 1.165) is 16.8 Å². The maximum absolute atomic E-state index is 14.5. The second kappa shape index (κ2) is 15.8. The molecule has 2 heterocycles. The van der Waals surface area contributed by atoms with Crippen molar-refractivity contribution in [3.05, 3.63) is 108 Å². The lowest BCUT2D eigenvalue weighted by molar-refractivity contribution is 0.160. The van der Waals surface area contributed by atoms with Crippen LogP contribution in [0.1, 0.15) is 49.4 Å². The fourth-order valence-corrected chi connectivity index (χ4v) is 5.94. The van der Waals surface area contributed by atoms with Crippen molar-refractivity contribution >= 4 is 11.5 Å². The molecule has 0 amide bonds. The van der Waals surface area contributed by atoms with Crippen LogP contribution in [-0.4, -0.2) is 64.5 Å². The monoisotopic (exact) mass is 670 g/mol. The fraction of sp³-hybridized carbons (Fsp3) is 0.333. The van der Waals surface area contributed by atoms with Crippen molar-refractivity contribution in [2.75, 3.05) is 26.2 Å². The van der Waals surface area contributed by atoms with Crippen LogP contribution in [0, 0.1) is 5.82 Å². The SMILES string of the molecule is CO/C(N)=C(/C=C(\N)c1ccc(CN[C@H]2C[C@@H](O)[C@@H](N(C)c3ncncc3Oc3ccc(F)cc3-c3cncnc3C(C)C)C2)cc1)OC. The summed E-state index contributed by atoms with van der Waals surface area (Å²) in [5.41, 5.74) is 16.4. The number of nitrogens with one attached hydrogen (secondary N) is 1. The molecule has 3 atom stereocenters. The smallest absolute Gasteiger partial charge is 0.227 e. The molecular formula is C36H43FN8O4. The predicted octanol–water partition coefficient (Wildman–Crippen LogP) is 4.83. The second-order valence-electron chi connectivity index (χ2n) is 12.2. The third kappa shape index (κ3) is 8.24. The van der Waals surface area contributed by atoms with Crippen LogP contribution >= 0.6 is 0 Å². The van der Waals surface area contributed by atoms with E-state index in [9.17, 15) is 9.50 Å². The molecule has 1 aliphatic carbocycles. The minimum atomic E-state index is -0.614. The number of nitrogens with zero attached hydrogens (tertiary/aromatic N) is 5. The van der Waals surface area contributed by atoms with Crippen LogP contribution in [0.15, 0.2) is 85.2 Å². The number of hydrogen-bond acceptors (Lipinski definition) is 12. The maximum atomic E-state index is 14.5. The van der Waals surface area contributed by atoms with E-state index in [4.69, 9.17) is 25.7 Å². The molecule has 0 bridgehead atoms. The van der Waals surface area contributed by atoms with Crippen LogP contribution < -0.4 is 26.4 Å². The standard InChI is InChI=1S/C36H43FN8O4/c1-21(2)34-27(17-40-19-43-34)26-12-24(37)10-11-31(26)49-33-18-41-20-44-36(33)45(3)29-13-25(14-30(29)46)42-16-22-6-8-23(9-7-22)28(38)15-32(47-4)35(39)48-5/h6-12,15,17-21,25,29-30,42,46H,13-14,16,38-39H2,1-5H3/b28-15-,35-32-/t25-,29+,30-/m1/s1. The summed E-state index contributed by atoms with van der Waals surface area (Å²) in [6.45, 7) is 4.64. The number of hydrogen-bond donors (Lipinski definition) is 4. The largest absolute Gasteiger partial charge is 0.491 e. The molecule has 2 aromatic heterocycles. The van der Waals surface area contributed by atoms with Crippen LogP contribution in [-0.2, 0) is 16.0 Å². The van der Waals surface area contributed by atoms with E-state index in [1.54, 1.807) is 24.5 Å². The second-order valence-corrected chi connectivity index (χ2v) is 12.2. The Morgan fingerprint density at radius 2 is 1.73 bits per heavy atom. The highest BCUT2D eigenvalue weighted by Gasteiger charge is 2.37. The Bertz CT molecular complexity index is 1800. The Balaban J connectivity index is 1.27. The van der Waals surface area contributed by atoms with E-state index < -0.39 is 11.9 Å². The first-order chi connectivity index (χ1) is 23.6. The van der Waals surface area contributed by atoms with E-state index in [1.165, 1.54) is 39.0 Å². The van der Waals surface area contributed by atoms with Crippen molar-refractivity contribution in [3.8, 4) is 22.6 Å². The van der Waals surface area contributed by atoms with Gasteiger partial charge in [0.25, 0.3) is 0 Å². The van der Waals surface area contributed by atoms with E-state index in [1.807, 2.05) is 50.1 Å². The highest BCUT2D eigenvalue weighted by atomic mass is 19.1. The molecular weight excluding hydrogens is 627 g/mol. The minimum Gasteiger partial charge on any atom is -0.491 e. The summed E-state index contributed by atoms with van der Waals surface area (Å²) in [5.74, 6) is 1.43. The molecule has 1 aliphatic rings. The van der Waals surface area contributed by atoms with Crippen molar-refractivity contribution in [2.24, 2.45) is 11.5 Å². The molecule has 0 unspecified atom stereocenters. The van der Waals surface area contributed by atoms with Gasteiger partial charge in [-0.15, -0.1) is 0 Å². The number of likely N-dealkylation sites (N-methyl/N-ethyl adjacent to an activating group) is 1. The van der Waals surface area contributed by atoms with Gasteiger partial charge in [0.2, 0.25) is 5.88 Å². The number of halogens is 1. The number of aliphatic hydroxyl groups excluding tert-OH is 1. The topological polar surface area (TPSA) is 167 Å². The number of aromatic nitrogens is 4. The van der Waals surface area contributed by atoms with Gasteiger partial charge in [0, 0.05) is 48.7 Å². The highest BCUT2D eigenvalue weighted by Crippen LogP contribution is 2.40. The Hall–Kier alpha value is -5.27. The molecule has 1 saturated carbocycles. The van der Waals surface area contributed by atoms with Gasteiger partial charge in [-0.25, -0.2) is 24.3 Å². The molecule has 5 rings (SSSR count). The number of benzene rings is 2. The molecule has 0 saturated heterocycles. The molecule has 2 aromatic carbocycles. The van der Waals surface area contributed by atoms with Crippen molar-refractivity contribution in [1.29, 1.82) is 0 Å². The number of aliphatic hydroxyl groups is 1. The molecule has 258 valence electrons. The zero-order valence-electron chi connectivity index (χ0n) is 28.3. The van der Waals surface area contributed by atoms with Crippen LogP contribution in [0.5, 0.6) is 11.5 Å². The summed E-state index contributed by atoms with van der Waals surface area (Å²) in [5, 5.41) is 14.7. The van der Waals surface area contributed by atoms with E-state index >= 15 is 0 Å². The Labute approximate surface area is 285 Å². The van der Waals surface area contributed by atoms with E-state index in [-0.39, 0.29) is 23.9 Å². The number of rotatable bonds is 13. The van der Waals surface area contributed by atoms with Crippen molar-refractivity contribution in [3.63, 3.8) is 0 Å². The lowest BCUT2D eigenvalue weighted by atomic mass is 9.98. The third-order valence-corrected chi connectivity index (χ3v) is 8.58. The number of ether oxygens (including phenoxy) is 3. The van der Waals surface area contributed by atoms with Crippen molar-refractivity contribution in [2.45, 2.75) is 57.3 Å². The molecule has 13 heteroatoms. The van der Waals surface area contributed by atoms with Crippen molar-refractivity contribution in [1.82, 2.24) is 25.3 Å². The van der Waals surface area contributed by atoms with Crippen LogP contribution in [0.2, 0.25) is 0 Å². The average Bonchev–Trinajstić information content (AvgIpc) is 3.50. The molecule has 4 aromatic rings. The summed E-state index contributed by atoms with van der Waals surface area (Å²) in [6, 6.07) is 12.0. The first-order valence-corrected chi connectivity index (χ1v) is 16.0. The Morgan fingerprint density at radius 3 is 2.45 bits per heavy atom. The summed E-state index contributed by atoms with van der Waals surface area (Å²) in [6.07, 6.45) is 8.39. The zero-order chi connectivity index (χ0) is 35.1. The van der Waals surface area contributed by atoms with Gasteiger partial charge in [-0.2, -0.15) is 0 Å². The summed E-state index contributed by atoms with van der Waals surface area (Å²) in [7, 11) is 4.83. The Kier molecular flexibility index (Phi) is 11.3. The molecule has 0 aliphatic heterocycles. The number of nitrogens with two attached hydrogens (primary N) is 2. The molecule has 49 heavy (non-hydrogen) atoms. The maximum Gasteiger partial charge on any atom is 0.227 e. The molecule has 1 fully saturated rings. The van der Waals surface area contributed by atoms with Gasteiger partial charge in [-0.05, 0) is 48.1 Å². The van der Waals surface area contributed by atoms with Gasteiger partial charge in [0.1, 0.15) is 24.2 Å². The molecule has 6 N–H and O–H groups in total. The normalized spacial score (nSPS) is 18.3. The van der Waals surface area contributed by atoms with Crippen LogP contribution in [0.3, 0.4) is 0 Å². The third-order valence-electron chi connectivity index (χ3n) is 8.58. The summed E-state index contributed by atoms with van der Waals surface area (Å²) >= 11 is 0. The van der Waals surface area contributed by atoms with Gasteiger partial charge in [0.15, 0.2) is 17.3 Å². The van der Waals surface area contributed by atoms with Gasteiger partial charge < -0.3 is 41.0 Å². The van der Waals surface area contributed by atoms with Crippen molar-refractivity contribution < 1.29 is 23.7 Å². The number of anilines is 1. The van der Waals surface area contributed by atoms with Crippen LogP contribution in [0.25, 0.3) is 16.8 Å². The fourth-order valence-electron chi connectivity index (χ4n) is 5.94. The zero-order valence-corrected chi connectivity index (χ0v) is 28.3. The van der Waals surface area contributed by atoms with Gasteiger partial charge in [-0.1, -0.05) is 38.1 Å². The highest BCUT2D eigenvalue weighted by molar-refractivity contribution is 5.73.